The molecule has 0 saturated heterocycles. The highest BCUT2D eigenvalue weighted by Gasteiger charge is 2.17. The van der Waals surface area contributed by atoms with Gasteiger partial charge in [0, 0.05) is 19.7 Å². The molecule has 0 heterocycles. The predicted octanol–water partition coefficient (Wildman–Crippen LogP) is 2.36. The van der Waals surface area contributed by atoms with E-state index in [1.807, 2.05) is 0 Å². The van der Waals surface area contributed by atoms with Crippen molar-refractivity contribution in [1.29, 1.82) is 0 Å². The molecule has 0 spiro atoms. The molecule has 0 atom stereocenters. The Morgan fingerprint density at radius 1 is 1.16 bits per heavy atom. The number of amides is 1. The molecule has 0 unspecified atom stereocenters. The molecular formula is C18H18FNO5. The van der Waals surface area contributed by atoms with Crippen molar-refractivity contribution in [2.45, 2.75) is 6.54 Å². The quantitative estimate of drug-likeness (QED) is 0.812. The van der Waals surface area contributed by atoms with Crippen LogP contribution in [-0.4, -0.2) is 42.6 Å². The molecule has 0 aliphatic rings. The third-order valence-electron chi connectivity index (χ3n) is 3.51. The second kappa shape index (κ2) is 8.14. The van der Waals surface area contributed by atoms with Crippen molar-refractivity contribution >= 4 is 11.9 Å². The number of phenols is 1. The van der Waals surface area contributed by atoms with Gasteiger partial charge in [0.2, 0.25) is 0 Å². The van der Waals surface area contributed by atoms with Gasteiger partial charge in [-0.05, 0) is 29.8 Å². The molecule has 1 N–H and O–H groups in total. The molecule has 0 radical (unpaired) electrons. The van der Waals surface area contributed by atoms with Crippen LogP contribution in [0.1, 0.15) is 15.9 Å². The standard InChI is InChI=1S/C18H18FNO5/c1-20(10-12-3-5-13(19)6-4-12)17(22)11-25-18(23)15-8-7-14(24-2)9-16(15)21/h3-9,21H,10-11H2,1-2H3. The van der Waals surface area contributed by atoms with E-state index in [1.165, 1.54) is 42.3 Å². The third kappa shape index (κ3) is 4.94. The summed E-state index contributed by atoms with van der Waals surface area (Å²) in [6, 6.07) is 9.88. The number of carbonyl (C=O) groups is 2. The lowest BCUT2D eigenvalue weighted by Gasteiger charge is -2.17. The van der Waals surface area contributed by atoms with E-state index in [0.29, 0.717) is 5.75 Å². The minimum absolute atomic E-state index is 0.0604. The number of methoxy groups -OCH3 is 1. The fraction of sp³-hybridized carbons (Fsp3) is 0.222. The van der Waals surface area contributed by atoms with Gasteiger partial charge >= 0.3 is 5.97 Å². The largest absolute Gasteiger partial charge is 0.507 e. The lowest BCUT2D eigenvalue weighted by Crippen LogP contribution is -2.30. The van der Waals surface area contributed by atoms with Crippen molar-refractivity contribution in [3.63, 3.8) is 0 Å². The topological polar surface area (TPSA) is 76.1 Å². The number of carbonyl (C=O) groups excluding carboxylic acids is 2. The van der Waals surface area contributed by atoms with Crippen molar-refractivity contribution in [1.82, 2.24) is 4.90 Å². The Hall–Kier alpha value is -3.09. The molecule has 2 aromatic carbocycles. The van der Waals surface area contributed by atoms with Crippen LogP contribution >= 0.6 is 0 Å². The Labute approximate surface area is 144 Å². The first-order chi connectivity index (χ1) is 11.9. The van der Waals surface area contributed by atoms with E-state index >= 15 is 0 Å². The second-order valence-corrected chi connectivity index (χ2v) is 5.34. The Morgan fingerprint density at radius 2 is 1.84 bits per heavy atom. The van der Waals surface area contributed by atoms with Gasteiger partial charge in [-0.2, -0.15) is 0 Å². The number of rotatable bonds is 6. The highest BCUT2D eigenvalue weighted by Crippen LogP contribution is 2.23. The zero-order valence-corrected chi connectivity index (χ0v) is 13.9. The van der Waals surface area contributed by atoms with Gasteiger partial charge in [-0.25, -0.2) is 9.18 Å². The lowest BCUT2D eigenvalue weighted by atomic mass is 10.2. The van der Waals surface area contributed by atoms with Crippen LogP contribution in [0.2, 0.25) is 0 Å². The SMILES string of the molecule is COc1ccc(C(=O)OCC(=O)N(C)Cc2ccc(F)cc2)c(O)c1. The van der Waals surface area contributed by atoms with Crippen LogP contribution in [0, 0.1) is 5.82 Å². The summed E-state index contributed by atoms with van der Waals surface area (Å²) in [5.41, 5.74) is 0.686. The van der Waals surface area contributed by atoms with E-state index in [1.54, 1.807) is 19.2 Å². The summed E-state index contributed by atoms with van der Waals surface area (Å²) in [5, 5.41) is 9.78. The van der Waals surface area contributed by atoms with Gasteiger partial charge in [0.25, 0.3) is 5.91 Å². The van der Waals surface area contributed by atoms with Crippen LogP contribution < -0.4 is 4.74 Å². The minimum Gasteiger partial charge on any atom is -0.507 e. The van der Waals surface area contributed by atoms with Gasteiger partial charge in [-0.1, -0.05) is 12.1 Å². The van der Waals surface area contributed by atoms with Crippen LogP contribution in [0.4, 0.5) is 4.39 Å². The average Bonchev–Trinajstić information content (AvgIpc) is 2.61. The van der Waals surface area contributed by atoms with E-state index < -0.39 is 18.5 Å². The number of hydrogen-bond donors (Lipinski definition) is 1. The Kier molecular flexibility index (Phi) is 5.94. The summed E-state index contributed by atoms with van der Waals surface area (Å²) >= 11 is 0. The van der Waals surface area contributed by atoms with Gasteiger partial charge < -0.3 is 19.5 Å². The van der Waals surface area contributed by atoms with Gasteiger partial charge in [0.1, 0.15) is 22.9 Å². The highest BCUT2D eigenvalue weighted by atomic mass is 19.1. The van der Waals surface area contributed by atoms with E-state index in [9.17, 15) is 19.1 Å². The summed E-state index contributed by atoms with van der Waals surface area (Å²) in [4.78, 5) is 25.3. The first-order valence-electron chi connectivity index (χ1n) is 7.43. The van der Waals surface area contributed by atoms with Crippen molar-refractivity contribution in [2.24, 2.45) is 0 Å². The average molecular weight is 347 g/mol. The van der Waals surface area contributed by atoms with E-state index in [-0.39, 0.29) is 23.7 Å². The van der Waals surface area contributed by atoms with Gasteiger partial charge in [0.15, 0.2) is 6.61 Å². The van der Waals surface area contributed by atoms with Crippen LogP contribution in [0.5, 0.6) is 11.5 Å². The molecule has 7 heteroatoms. The van der Waals surface area contributed by atoms with E-state index in [4.69, 9.17) is 9.47 Å². The Balaban J connectivity index is 1.90. The molecule has 0 aliphatic heterocycles. The number of esters is 1. The van der Waals surface area contributed by atoms with Crippen molar-refractivity contribution in [3.8, 4) is 11.5 Å². The maximum atomic E-state index is 12.9. The van der Waals surface area contributed by atoms with Crippen molar-refractivity contribution in [2.75, 3.05) is 20.8 Å². The summed E-state index contributed by atoms with van der Waals surface area (Å²) in [6.45, 7) is -0.216. The maximum Gasteiger partial charge on any atom is 0.342 e. The monoisotopic (exact) mass is 347 g/mol. The van der Waals surface area contributed by atoms with Crippen LogP contribution in [-0.2, 0) is 16.1 Å². The first kappa shape index (κ1) is 18.3. The lowest BCUT2D eigenvalue weighted by molar-refractivity contribution is -0.133. The Bertz CT molecular complexity index is 761. The highest BCUT2D eigenvalue weighted by molar-refractivity contribution is 5.94. The van der Waals surface area contributed by atoms with Crippen LogP contribution in [0.25, 0.3) is 0 Å². The number of benzene rings is 2. The molecule has 1 amide bonds. The van der Waals surface area contributed by atoms with E-state index in [0.717, 1.165) is 5.56 Å². The summed E-state index contributed by atoms with van der Waals surface area (Å²) in [6.07, 6.45) is 0. The molecule has 6 nitrogen and oxygen atoms in total. The maximum absolute atomic E-state index is 12.9. The molecule has 0 aliphatic carbocycles. The molecule has 132 valence electrons. The van der Waals surface area contributed by atoms with Gasteiger partial charge in [0.05, 0.1) is 7.11 Å². The molecular weight excluding hydrogens is 329 g/mol. The zero-order valence-electron chi connectivity index (χ0n) is 13.9. The number of halogens is 1. The molecule has 0 saturated carbocycles. The molecule has 2 rings (SSSR count). The number of phenolic OH excluding ortho intramolecular Hbond substituents is 1. The van der Waals surface area contributed by atoms with Crippen LogP contribution in [0.3, 0.4) is 0 Å². The first-order valence-corrected chi connectivity index (χ1v) is 7.43. The third-order valence-corrected chi connectivity index (χ3v) is 3.51. The molecule has 0 aromatic heterocycles. The molecule has 0 fully saturated rings. The molecule has 0 bridgehead atoms. The van der Waals surface area contributed by atoms with E-state index in [2.05, 4.69) is 0 Å². The summed E-state index contributed by atoms with van der Waals surface area (Å²) in [5.74, 6) is -1.50. The molecule has 2 aromatic rings. The predicted molar refractivity (Wildman–Crippen MR) is 87.8 cm³/mol. The zero-order chi connectivity index (χ0) is 18.4. The number of ether oxygens (including phenoxy) is 2. The summed E-state index contributed by atoms with van der Waals surface area (Å²) < 4.78 is 22.7. The summed E-state index contributed by atoms with van der Waals surface area (Å²) in [7, 11) is 2.98. The second-order valence-electron chi connectivity index (χ2n) is 5.34. The normalized spacial score (nSPS) is 10.2. The van der Waals surface area contributed by atoms with Gasteiger partial charge in [-0.3, -0.25) is 4.79 Å². The van der Waals surface area contributed by atoms with Crippen LogP contribution in [0.15, 0.2) is 42.5 Å². The number of likely N-dealkylation sites (N-methyl/N-ethyl adjacent to an activating group) is 1. The van der Waals surface area contributed by atoms with Gasteiger partial charge in [-0.15, -0.1) is 0 Å². The smallest absolute Gasteiger partial charge is 0.342 e. The Morgan fingerprint density at radius 3 is 2.44 bits per heavy atom. The fourth-order valence-electron chi connectivity index (χ4n) is 2.08. The number of aromatic hydroxyl groups is 1. The fourth-order valence-corrected chi connectivity index (χ4v) is 2.08. The van der Waals surface area contributed by atoms with Crippen molar-refractivity contribution < 1.29 is 28.6 Å². The number of hydrogen-bond acceptors (Lipinski definition) is 5. The number of nitrogens with zero attached hydrogens (tertiary/aromatic N) is 1. The minimum atomic E-state index is -0.816. The molecule has 25 heavy (non-hydrogen) atoms. The van der Waals surface area contributed by atoms with Crippen molar-refractivity contribution in [3.05, 3.63) is 59.4 Å².